The van der Waals surface area contributed by atoms with Crippen molar-refractivity contribution in [1.82, 2.24) is 9.78 Å². The molecule has 4 nitrogen and oxygen atoms in total. The summed E-state index contributed by atoms with van der Waals surface area (Å²) in [7, 11) is 3.51. The lowest BCUT2D eigenvalue weighted by atomic mass is 10.1. The molecule has 0 saturated carbocycles. The van der Waals surface area contributed by atoms with E-state index < -0.39 is 0 Å². The van der Waals surface area contributed by atoms with Gasteiger partial charge in [0.15, 0.2) is 0 Å². The van der Waals surface area contributed by atoms with Crippen LogP contribution < -0.4 is 4.74 Å². The first-order valence-corrected chi connectivity index (χ1v) is 5.44. The van der Waals surface area contributed by atoms with E-state index in [2.05, 4.69) is 11.2 Å². The molecule has 2 aromatic rings. The van der Waals surface area contributed by atoms with Gasteiger partial charge in [-0.15, -0.1) is 0 Å². The first kappa shape index (κ1) is 11.7. The van der Waals surface area contributed by atoms with Crippen molar-refractivity contribution in [2.24, 2.45) is 7.05 Å². The lowest BCUT2D eigenvalue weighted by molar-refractivity contribution is 0.275. The number of rotatable bonds is 3. The van der Waals surface area contributed by atoms with Crippen LogP contribution in [-0.2, 0) is 13.7 Å². The zero-order valence-corrected chi connectivity index (χ0v) is 10.3. The molecule has 0 radical (unpaired) electrons. The number of methoxy groups -OCH3 is 1. The minimum Gasteiger partial charge on any atom is -0.496 e. The number of aromatic nitrogens is 2. The number of aliphatic hydroxyl groups excluding tert-OH is 1. The van der Waals surface area contributed by atoms with Crippen LogP contribution in [-0.4, -0.2) is 22.0 Å². The maximum Gasteiger partial charge on any atom is 0.128 e. The predicted octanol–water partition coefficient (Wildman–Crippen LogP) is 1.90. The number of nitrogens with zero attached hydrogens (tertiary/aromatic N) is 2. The van der Waals surface area contributed by atoms with Gasteiger partial charge in [-0.2, -0.15) is 5.10 Å². The minimum absolute atomic E-state index is 0.0536. The monoisotopic (exact) mass is 232 g/mol. The van der Waals surface area contributed by atoms with Crippen molar-refractivity contribution in [2.45, 2.75) is 13.5 Å². The smallest absolute Gasteiger partial charge is 0.128 e. The third-order valence-corrected chi connectivity index (χ3v) is 2.72. The molecular formula is C13H16N2O2. The van der Waals surface area contributed by atoms with Gasteiger partial charge in [0.05, 0.1) is 25.1 Å². The van der Waals surface area contributed by atoms with Crippen LogP contribution in [0.2, 0.25) is 0 Å². The molecule has 90 valence electrons. The van der Waals surface area contributed by atoms with E-state index in [0.29, 0.717) is 5.69 Å². The van der Waals surface area contributed by atoms with Gasteiger partial charge in [-0.1, -0.05) is 11.6 Å². The number of hydrogen-bond acceptors (Lipinski definition) is 3. The van der Waals surface area contributed by atoms with Crippen molar-refractivity contribution in [3.63, 3.8) is 0 Å². The van der Waals surface area contributed by atoms with Crippen LogP contribution >= 0.6 is 0 Å². The molecule has 1 heterocycles. The molecule has 0 fully saturated rings. The topological polar surface area (TPSA) is 47.3 Å². The molecule has 1 aromatic heterocycles. The van der Waals surface area contributed by atoms with Crippen molar-refractivity contribution in [3.05, 3.63) is 35.5 Å². The normalized spacial score (nSPS) is 10.6. The summed E-state index contributed by atoms with van der Waals surface area (Å²) in [6, 6.07) is 7.87. The molecule has 0 saturated heterocycles. The standard InChI is InChI=1S/C13H16N2O2/c1-9-4-5-13(17-3)11(6-9)12-7-10(8-16)14-15(12)2/h4-7,16H,8H2,1-3H3. The second kappa shape index (κ2) is 4.59. The summed E-state index contributed by atoms with van der Waals surface area (Å²) in [4.78, 5) is 0. The fraction of sp³-hybridized carbons (Fsp3) is 0.308. The summed E-state index contributed by atoms with van der Waals surface area (Å²) in [5, 5.41) is 13.3. The number of hydrogen-bond donors (Lipinski definition) is 1. The Labute approximate surface area is 100 Å². The summed E-state index contributed by atoms with van der Waals surface area (Å²) in [5.41, 5.74) is 3.75. The second-order valence-corrected chi connectivity index (χ2v) is 4.01. The number of aliphatic hydroxyl groups is 1. The second-order valence-electron chi connectivity index (χ2n) is 4.01. The molecule has 2 rings (SSSR count). The Morgan fingerprint density at radius 2 is 2.12 bits per heavy atom. The van der Waals surface area contributed by atoms with Crippen molar-refractivity contribution in [1.29, 1.82) is 0 Å². The molecule has 1 N–H and O–H groups in total. The number of aryl methyl sites for hydroxylation is 2. The van der Waals surface area contributed by atoms with E-state index >= 15 is 0 Å². The molecule has 0 bridgehead atoms. The average Bonchev–Trinajstić information content (AvgIpc) is 2.70. The van der Waals surface area contributed by atoms with Crippen molar-refractivity contribution < 1.29 is 9.84 Å². The molecule has 4 heteroatoms. The molecule has 17 heavy (non-hydrogen) atoms. The van der Waals surface area contributed by atoms with E-state index in [1.165, 1.54) is 0 Å². The van der Waals surface area contributed by atoms with Gasteiger partial charge in [0.2, 0.25) is 0 Å². The van der Waals surface area contributed by atoms with Gasteiger partial charge in [0.25, 0.3) is 0 Å². The van der Waals surface area contributed by atoms with Crippen LogP contribution in [0.25, 0.3) is 11.3 Å². The Bertz CT molecular complexity index is 532. The average molecular weight is 232 g/mol. The summed E-state index contributed by atoms with van der Waals surface area (Å²) < 4.78 is 7.10. The van der Waals surface area contributed by atoms with Crippen LogP contribution in [0.15, 0.2) is 24.3 Å². The molecule has 0 aliphatic rings. The summed E-state index contributed by atoms with van der Waals surface area (Å²) >= 11 is 0. The molecule has 0 spiro atoms. The maximum absolute atomic E-state index is 9.10. The van der Waals surface area contributed by atoms with E-state index in [-0.39, 0.29) is 6.61 Å². The SMILES string of the molecule is COc1ccc(C)cc1-c1cc(CO)nn1C. The highest BCUT2D eigenvalue weighted by atomic mass is 16.5. The van der Waals surface area contributed by atoms with Crippen LogP contribution in [0.4, 0.5) is 0 Å². The predicted molar refractivity (Wildman–Crippen MR) is 65.9 cm³/mol. The molecule has 0 unspecified atom stereocenters. The molecular weight excluding hydrogens is 216 g/mol. The third kappa shape index (κ3) is 2.17. The Kier molecular flexibility index (Phi) is 3.15. The lowest BCUT2D eigenvalue weighted by Crippen LogP contribution is -1.96. The van der Waals surface area contributed by atoms with Gasteiger partial charge in [-0.25, -0.2) is 0 Å². The Morgan fingerprint density at radius 3 is 2.71 bits per heavy atom. The van der Waals surface area contributed by atoms with Gasteiger partial charge < -0.3 is 9.84 Å². The van der Waals surface area contributed by atoms with Crippen LogP contribution in [0, 0.1) is 6.92 Å². The van der Waals surface area contributed by atoms with Crippen LogP contribution in [0.1, 0.15) is 11.3 Å². The number of ether oxygens (including phenoxy) is 1. The van der Waals surface area contributed by atoms with Crippen LogP contribution in [0.3, 0.4) is 0 Å². The quantitative estimate of drug-likeness (QED) is 0.879. The first-order valence-electron chi connectivity index (χ1n) is 5.44. The van der Waals surface area contributed by atoms with Crippen LogP contribution in [0.5, 0.6) is 5.75 Å². The van der Waals surface area contributed by atoms with Gasteiger partial charge >= 0.3 is 0 Å². The number of benzene rings is 1. The Balaban J connectivity index is 2.58. The van der Waals surface area contributed by atoms with E-state index in [9.17, 15) is 0 Å². The zero-order chi connectivity index (χ0) is 12.4. The molecule has 0 aliphatic carbocycles. The molecule has 0 atom stereocenters. The highest BCUT2D eigenvalue weighted by Crippen LogP contribution is 2.30. The van der Waals surface area contributed by atoms with Crippen molar-refractivity contribution in [3.8, 4) is 17.0 Å². The van der Waals surface area contributed by atoms with E-state index in [4.69, 9.17) is 9.84 Å². The lowest BCUT2D eigenvalue weighted by Gasteiger charge is -2.09. The summed E-state index contributed by atoms with van der Waals surface area (Å²) in [6.45, 7) is 1.98. The van der Waals surface area contributed by atoms with E-state index in [1.54, 1.807) is 11.8 Å². The molecule has 0 amide bonds. The summed E-state index contributed by atoms with van der Waals surface area (Å²) in [5.74, 6) is 0.808. The first-order chi connectivity index (χ1) is 8.15. The van der Waals surface area contributed by atoms with E-state index in [0.717, 1.165) is 22.6 Å². The largest absolute Gasteiger partial charge is 0.496 e. The zero-order valence-electron chi connectivity index (χ0n) is 10.3. The Morgan fingerprint density at radius 1 is 1.35 bits per heavy atom. The van der Waals surface area contributed by atoms with Gasteiger partial charge in [0.1, 0.15) is 5.75 Å². The van der Waals surface area contributed by atoms with Crippen molar-refractivity contribution in [2.75, 3.05) is 7.11 Å². The highest BCUT2D eigenvalue weighted by Gasteiger charge is 2.11. The summed E-state index contributed by atoms with van der Waals surface area (Å²) in [6.07, 6.45) is 0. The van der Waals surface area contributed by atoms with Gasteiger partial charge in [-0.3, -0.25) is 4.68 Å². The molecule has 0 aliphatic heterocycles. The van der Waals surface area contributed by atoms with Gasteiger partial charge in [0, 0.05) is 12.6 Å². The fourth-order valence-corrected chi connectivity index (χ4v) is 1.88. The van der Waals surface area contributed by atoms with E-state index in [1.807, 2.05) is 32.2 Å². The highest BCUT2D eigenvalue weighted by molar-refractivity contribution is 5.68. The minimum atomic E-state index is -0.0536. The third-order valence-electron chi connectivity index (χ3n) is 2.72. The van der Waals surface area contributed by atoms with Gasteiger partial charge in [-0.05, 0) is 25.1 Å². The fourth-order valence-electron chi connectivity index (χ4n) is 1.88. The Hall–Kier alpha value is -1.81. The molecule has 1 aromatic carbocycles. The maximum atomic E-state index is 9.10. The van der Waals surface area contributed by atoms with Crippen molar-refractivity contribution >= 4 is 0 Å².